The zero-order valence-corrected chi connectivity index (χ0v) is 12.9. The Morgan fingerprint density at radius 2 is 1.96 bits per heavy atom. The van der Waals surface area contributed by atoms with Crippen LogP contribution in [0.2, 0.25) is 0 Å². The molecule has 10 N–H and O–H groups in total. The maximum atomic E-state index is 10.5. The van der Waals surface area contributed by atoms with E-state index < -0.39 is 49.3 Å². The van der Waals surface area contributed by atoms with Crippen LogP contribution in [-0.2, 0) is 14.4 Å². The Morgan fingerprint density at radius 3 is 2.54 bits per heavy atom. The minimum absolute atomic E-state index is 0.171. The molecule has 1 fully saturated rings. The third kappa shape index (κ3) is 5.83. The number of hydroxylamine groups is 1. The van der Waals surface area contributed by atoms with Gasteiger partial charge in [-0.2, -0.15) is 0 Å². The van der Waals surface area contributed by atoms with Crippen molar-refractivity contribution in [2.75, 3.05) is 13.2 Å². The topological polar surface area (TPSA) is 213 Å². The Bertz CT molecular complexity index is 435. The van der Waals surface area contributed by atoms with Gasteiger partial charge in [-0.3, -0.25) is 9.79 Å². The highest BCUT2D eigenvalue weighted by molar-refractivity contribution is 5.76. The molecule has 0 aliphatic carbocycles. The number of nitrogens with zero attached hydrogens (tertiary/aromatic N) is 1. The van der Waals surface area contributed by atoms with Gasteiger partial charge in [0.25, 0.3) is 0 Å². The van der Waals surface area contributed by atoms with Gasteiger partial charge in [-0.25, -0.2) is 10.3 Å². The number of nitrogens with one attached hydrogen (secondary N) is 1. The van der Waals surface area contributed by atoms with Gasteiger partial charge < -0.3 is 41.7 Å². The van der Waals surface area contributed by atoms with E-state index in [-0.39, 0.29) is 18.9 Å². The Labute approximate surface area is 137 Å². The first-order valence-electron chi connectivity index (χ1n) is 7.28. The molecule has 0 saturated carbocycles. The molecule has 1 rings (SSSR count). The van der Waals surface area contributed by atoms with E-state index in [0.717, 1.165) is 0 Å². The number of hydrogen-bond donors (Lipinski definition) is 8. The van der Waals surface area contributed by atoms with E-state index in [9.17, 15) is 20.1 Å². The molecular formula is C12H24N4O8. The number of ether oxygens (including phenoxy) is 1. The Hall–Kier alpha value is -1.54. The first-order valence-corrected chi connectivity index (χ1v) is 7.28. The number of rotatable bonds is 8. The molecule has 0 aromatic carbocycles. The summed E-state index contributed by atoms with van der Waals surface area (Å²) in [6, 6.07) is -0.972. The third-order valence-corrected chi connectivity index (χ3v) is 3.40. The number of aliphatic imine (C=N–C) groups is 1. The van der Waals surface area contributed by atoms with Gasteiger partial charge in [-0.1, -0.05) is 0 Å². The van der Waals surface area contributed by atoms with Crippen molar-refractivity contribution in [1.82, 2.24) is 5.48 Å². The van der Waals surface area contributed by atoms with E-state index in [1.165, 1.54) is 0 Å². The second-order valence-corrected chi connectivity index (χ2v) is 5.27. The lowest BCUT2D eigenvalue weighted by Crippen LogP contribution is -2.60. The Morgan fingerprint density at radius 1 is 1.29 bits per heavy atom. The zero-order valence-electron chi connectivity index (χ0n) is 12.9. The molecule has 12 nitrogen and oxygen atoms in total. The summed E-state index contributed by atoms with van der Waals surface area (Å²) in [6.07, 6.45) is -6.53. The van der Waals surface area contributed by atoms with Crippen molar-refractivity contribution in [2.45, 2.75) is 49.6 Å². The average molecular weight is 352 g/mol. The van der Waals surface area contributed by atoms with E-state index in [4.69, 9.17) is 31.3 Å². The van der Waals surface area contributed by atoms with Crippen molar-refractivity contribution in [3.8, 4) is 0 Å². The maximum Gasteiger partial charge on any atom is 0.320 e. The Kier molecular flexibility index (Phi) is 8.27. The number of hydrogen-bond acceptors (Lipinski definition) is 9. The summed E-state index contributed by atoms with van der Waals surface area (Å²) in [7, 11) is 0. The molecule has 0 amide bonds. The minimum Gasteiger partial charge on any atom is -0.480 e. The Balaban J connectivity index is 2.38. The summed E-state index contributed by atoms with van der Waals surface area (Å²) >= 11 is 0. The first-order chi connectivity index (χ1) is 11.3. The molecule has 1 heterocycles. The van der Waals surface area contributed by atoms with Crippen molar-refractivity contribution >= 4 is 11.9 Å². The van der Waals surface area contributed by atoms with Crippen LogP contribution in [0.3, 0.4) is 0 Å². The lowest BCUT2D eigenvalue weighted by molar-refractivity contribution is -0.310. The van der Waals surface area contributed by atoms with Crippen LogP contribution >= 0.6 is 0 Å². The van der Waals surface area contributed by atoms with Gasteiger partial charge >= 0.3 is 5.97 Å². The van der Waals surface area contributed by atoms with Crippen molar-refractivity contribution in [3.63, 3.8) is 0 Å². The molecular weight excluding hydrogens is 328 g/mol. The predicted octanol–water partition coefficient (Wildman–Crippen LogP) is -4.19. The van der Waals surface area contributed by atoms with E-state index in [1.54, 1.807) is 0 Å². The fourth-order valence-electron chi connectivity index (χ4n) is 1.95. The van der Waals surface area contributed by atoms with E-state index in [1.807, 2.05) is 0 Å². The van der Waals surface area contributed by atoms with Gasteiger partial charge in [0, 0.05) is 6.54 Å². The van der Waals surface area contributed by atoms with Crippen LogP contribution in [0.25, 0.3) is 0 Å². The van der Waals surface area contributed by atoms with Crippen LogP contribution in [0.15, 0.2) is 4.99 Å². The number of guanidine groups is 1. The lowest BCUT2D eigenvalue weighted by atomic mass is 9.99. The van der Waals surface area contributed by atoms with Gasteiger partial charge in [0.15, 0.2) is 0 Å². The molecule has 0 unspecified atom stereocenters. The summed E-state index contributed by atoms with van der Waals surface area (Å²) in [4.78, 5) is 19.3. The summed E-state index contributed by atoms with van der Waals surface area (Å²) in [5, 5.41) is 46.6. The van der Waals surface area contributed by atoms with Crippen molar-refractivity contribution in [1.29, 1.82) is 0 Å². The van der Waals surface area contributed by atoms with Crippen LogP contribution in [0, 0.1) is 0 Å². The van der Waals surface area contributed by atoms with Crippen LogP contribution in [-0.4, -0.2) is 87.4 Å². The highest BCUT2D eigenvalue weighted by Crippen LogP contribution is 2.21. The van der Waals surface area contributed by atoms with E-state index in [0.29, 0.717) is 6.42 Å². The maximum absolute atomic E-state index is 10.5. The highest BCUT2D eigenvalue weighted by atomic mass is 16.8. The molecule has 12 heteroatoms. The second kappa shape index (κ2) is 9.68. The molecule has 1 aliphatic heterocycles. The normalized spacial score (nSPS) is 32.4. The smallest absolute Gasteiger partial charge is 0.320 e. The molecule has 140 valence electrons. The minimum atomic E-state index is -1.57. The number of nitrogens with two attached hydrogens (primary N) is 2. The number of carboxylic acid groups (broad SMARTS) is 1. The zero-order chi connectivity index (χ0) is 18.3. The molecule has 1 saturated heterocycles. The average Bonchev–Trinajstić information content (AvgIpc) is 2.55. The summed E-state index contributed by atoms with van der Waals surface area (Å²) < 4.78 is 5.08. The fourth-order valence-corrected chi connectivity index (χ4v) is 1.95. The monoisotopic (exact) mass is 352 g/mol. The van der Waals surface area contributed by atoms with E-state index in [2.05, 4.69) is 10.5 Å². The quantitative estimate of drug-likeness (QED) is 0.0907. The molecule has 0 aromatic heterocycles. The molecule has 0 spiro atoms. The highest BCUT2D eigenvalue weighted by Gasteiger charge is 2.44. The number of aliphatic hydroxyl groups is 4. The predicted molar refractivity (Wildman–Crippen MR) is 79.3 cm³/mol. The van der Waals surface area contributed by atoms with Crippen LogP contribution in [0.1, 0.15) is 12.8 Å². The molecule has 1 aliphatic rings. The van der Waals surface area contributed by atoms with Crippen LogP contribution in [0.5, 0.6) is 0 Å². The molecule has 0 radical (unpaired) electrons. The van der Waals surface area contributed by atoms with Gasteiger partial charge in [0.1, 0.15) is 30.5 Å². The van der Waals surface area contributed by atoms with Gasteiger partial charge in [0.2, 0.25) is 12.2 Å². The van der Waals surface area contributed by atoms with Gasteiger partial charge in [0.05, 0.1) is 6.61 Å². The van der Waals surface area contributed by atoms with Crippen LogP contribution in [0.4, 0.5) is 0 Å². The van der Waals surface area contributed by atoms with E-state index >= 15 is 0 Å². The SMILES string of the molecule is NC(=NCCC[C@H](N)C(=O)O)NO[C@@H]1O[C@H](CO)[C@H](O)[C@H](O)[C@H]1O. The van der Waals surface area contributed by atoms with Crippen molar-refractivity contribution in [3.05, 3.63) is 0 Å². The number of carboxylic acids is 1. The standard InChI is InChI=1S/C12H24N4O8/c13-5(10(21)22)2-1-3-15-12(14)16-24-11-9(20)8(19)7(18)6(4-17)23-11/h5-9,11,17-20H,1-4,13H2,(H,21,22)(H3,14,15,16)/t5-,6+,7-,8-,9+,11-/m0/s1. The molecule has 0 aromatic rings. The van der Waals surface area contributed by atoms with Crippen LogP contribution < -0.4 is 16.9 Å². The summed E-state index contributed by atoms with van der Waals surface area (Å²) in [5.41, 5.74) is 13.0. The summed E-state index contributed by atoms with van der Waals surface area (Å²) in [6.45, 7) is -0.393. The fraction of sp³-hybridized carbons (Fsp3) is 0.833. The first kappa shape index (κ1) is 20.5. The van der Waals surface area contributed by atoms with Gasteiger partial charge in [-0.05, 0) is 12.8 Å². The van der Waals surface area contributed by atoms with Crippen molar-refractivity contribution in [2.24, 2.45) is 16.5 Å². The largest absolute Gasteiger partial charge is 0.480 e. The van der Waals surface area contributed by atoms with Gasteiger partial charge in [-0.15, -0.1) is 0 Å². The third-order valence-electron chi connectivity index (χ3n) is 3.40. The molecule has 6 atom stereocenters. The molecule has 0 bridgehead atoms. The molecule has 24 heavy (non-hydrogen) atoms. The number of aliphatic hydroxyl groups excluding tert-OH is 4. The number of aliphatic carboxylic acids is 1. The van der Waals surface area contributed by atoms with Crippen molar-refractivity contribution < 1.29 is 39.9 Å². The summed E-state index contributed by atoms with van der Waals surface area (Å²) in [5.74, 6) is -1.27. The number of carbonyl (C=O) groups is 1. The second-order valence-electron chi connectivity index (χ2n) is 5.27. The lowest BCUT2D eigenvalue weighted by Gasteiger charge is -2.39.